The zero-order valence-electron chi connectivity index (χ0n) is 17.9. The summed E-state index contributed by atoms with van der Waals surface area (Å²) in [6.07, 6.45) is 0. The lowest BCUT2D eigenvalue weighted by atomic mass is 10.0. The van der Waals surface area contributed by atoms with Gasteiger partial charge in [-0.3, -0.25) is 0 Å². The highest BCUT2D eigenvalue weighted by molar-refractivity contribution is 7.85. The topological polar surface area (TPSA) is 17.1 Å². The average molecular weight is 461 g/mol. The van der Waals surface area contributed by atoms with E-state index in [2.05, 4.69) is 54.6 Å². The first-order valence-corrected chi connectivity index (χ1v) is 13.5. The van der Waals surface area contributed by atoms with Crippen LogP contribution in [0.2, 0.25) is 0 Å². The normalized spacial score (nSPS) is 11.8. The maximum atomic E-state index is 14.6. The molecule has 0 radical (unpaired) electrons. The second-order valence-corrected chi connectivity index (χ2v) is 12.0. The van der Waals surface area contributed by atoms with E-state index < -0.39 is 7.14 Å². The number of thiophene rings is 1. The van der Waals surface area contributed by atoms with Gasteiger partial charge < -0.3 is 4.57 Å². The van der Waals surface area contributed by atoms with Crippen LogP contribution >= 0.6 is 18.5 Å². The molecule has 1 nitrogen and oxygen atoms in total. The molecule has 0 aliphatic carbocycles. The average Bonchev–Trinajstić information content (AvgIpc) is 3.27. The van der Waals surface area contributed by atoms with Gasteiger partial charge in [-0.15, -0.1) is 11.3 Å². The molecule has 1 aromatic heterocycles. The van der Waals surface area contributed by atoms with Crippen molar-refractivity contribution in [3.05, 3.63) is 127 Å². The van der Waals surface area contributed by atoms with Crippen LogP contribution in [0, 0.1) is 0 Å². The molecule has 6 rings (SSSR count). The Morgan fingerprint density at radius 3 is 1.64 bits per heavy atom. The van der Waals surface area contributed by atoms with Gasteiger partial charge in [0.05, 0.1) is 0 Å². The van der Waals surface area contributed by atoms with Gasteiger partial charge in [0, 0.05) is 36.1 Å². The third-order valence-corrected chi connectivity index (χ3v) is 10.4. The highest BCUT2D eigenvalue weighted by Crippen LogP contribution is 2.43. The van der Waals surface area contributed by atoms with Crippen LogP contribution in [0.15, 0.2) is 127 Å². The molecule has 0 aliphatic rings. The van der Waals surface area contributed by atoms with Crippen molar-refractivity contribution in [3.63, 3.8) is 0 Å². The zero-order valence-corrected chi connectivity index (χ0v) is 19.6. The lowest BCUT2D eigenvalue weighted by Crippen LogP contribution is -2.24. The minimum absolute atomic E-state index is 0.853. The minimum atomic E-state index is -2.95. The third-order valence-electron chi connectivity index (χ3n) is 6.18. The van der Waals surface area contributed by atoms with Gasteiger partial charge in [-0.05, 0) is 29.3 Å². The van der Waals surface area contributed by atoms with Crippen molar-refractivity contribution in [2.75, 3.05) is 0 Å². The molecule has 0 saturated heterocycles. The van der Waals surface area contributed by atoms with Crippen molar-refractivity contribution in [1.82, 2.24) is 0 Å². The van der Waals surface area contributed by atoms with Crippen molar-refractivity contribution in [2.45, 2.75) is 0 Å². The van der Waals surface area contributed by atoms with Crippen LogP contribution in [-0.2, 0) is 4.57 Å². The zero-order chi connectivity index (χ0) is 22.3. The highest BCUT2D eigenvalue weighted by atomic mass is 32.1. The molecule has 3 heteroatoms. The fraction of sp³-hybridized carbons (Fsp3) is 0. The van der Waals surface area contributed by atoms with Crippen LogP contribution in [-0.4, -0.2) is 0 Å². The van der Waals surface area contributed by atoms with Crippen LogP contribution in [0.4, 0.5) is 0 Å². The number of rotatable bonds is 4. The molecule has 0 atom stereocenters. The molecule has 0 aliphatic heterocycles. The summed E-state index contributed by atoms with van der Waals surface area (Å²) >= 11 is 1.83. The van der Waals surface area contributed by atoms with Gasteiger partial charge in [0.1, 0.15) is 0 Å². The van der Waals surface area contributed by atoms with E-state index in [0.717, 1.165) is 21.5 Å². The van der Waals surface area contributed by atoms with Crippen LogP contribution in [0.3, 0.4) is 0 Å². The molecule has 0 unspecified atom stereocenters. The second-order valence-electron chi connectivity index (χ2n) is 8.14. The fourth-order valence-corrected chi connectivity index (χ4v) is 8.23. The Labute approximate surface area is 197 Å². The SMILES string of the molecule is O=P(c1ccccc1)(c1ccccc1)c1ccc(-c2ccc3sc4ccccc4c3c2)cc1. The van der Waals surface area contributed by atoms with Gasteiger partial charge in [-0.25, -0.2) is 0 Å². The molecular formula is C30H21OPS. The molecule has 0 saturated carbocycles. The second kappa shape index (κ2) is 8.15. The van der Waals surface area contributed by atoms with Crippen molar-refractivity contribution >= 4 is 54.6 Å². The first-order chi connectivity index (χ1) is 16.2. The quantitative estimate of drug-likeness (QED) is 0.251. The summed E-state index contributed by atoms with van der Waals surface area (Å²) in [5.74, 6) is 0. The summed E-state index contributed by atoms with van der Waals surface area (Å²) in [6.45, 7) is 0. The van der Waals surface area contributed by atoms with Crippen LogP contribution < -0.4 is 15.9 Å². The fourth-order valence-electron chi connectivity index (χ4n) is 4.49. The first kappa shape index (κ1) is 20.2. The molecule has 0 bridgehead atoms. The molecule has 6 aromatic rings. The van der Waals surface area contributed by atoms with Crippen molar-refractivity contribution in [3.8, 4) is 11.1 Å². The van der Waals surface area contributed by atoms with Crippen molar-refractivity contribution in [1.29, 1.82) is 0 Å². The summed E-state index contributed by atoms with van der Waals surface area (Å²) in [5, 5.41) is 5.15. The minimum Gasteiger partial charge on any atom is -0.309 e. The van der Waals surface area contributed by atoms with Crippen LogP contribution in [0.1, 0.15) is 0 Å². The van der Waals surface area contributed by atoms with Gasteiger partial charge in [0.25, 0.3) is 0 Å². The smallest absolute Gasteiger partial charge is 0.171 e. The lowest BCUT2D eigenvalue weighted by molar-refractivity contribution is 0.592. The Bertz CT molecular complexity index is 1570. The first-order valence-electron chi connectivity index (χ1n) is 11.0. The van der Waals surface area contributed by atoms with E-state index in [0.29, 0.717) is 0 Å². The highest BCUT2D eigenvalue weighted by Gasteiger charge is 2.29. The Kier molecular flexibility index (Phi) is 4.99. The summed E-state index contributed by atoms with van der Waals surface area (Å²) in [7, 11) is -2.95. The van der Waals surface area contributed by atoms with E-state index in [1.54, 1.807) is 0 Å². The predicted molar refractivity (Wildman–Crippen MR) is 144 cm³/mol. The van der Waals surface area contributed by atoms with Gasteiger partial charge in [0.2, 0.25) is 0 Å². The van der Waals surface area contributed by atoms with E-state index in [9.17, 15) is 4.57 Å². The van der Waals surface area contributed by atoms with E-state index in [1.165, 1.54) is 25.7 Å². The summed E-state index contributed by atoms with van der Waals surface area (Å²) in [5.41, 5.74) is 2.30. The largest absolute Gasteiger partial charge is 0.309 e. The number of hydrogen-bond donors (Lipinski definition) is 0. The number of hydrogen-bond acceptors (Lipinski definition) is 2. The van der Waals surface area contributed by atoms with Crippen molar-refractivity contribution < 1.29 is 4.57 Å². The summed E-state index contributed by atoms with van der Waals surface area (Å²) < 4.78 is 17.2. The van der Waals surface area contributed by atoms with E-state index in [-0.39, 0.29) is 0 Å². The van der Waals surface area contributed by atoms with E-state index >= 15 is 0 Å². The Hall–Kier alpha value is -3.45. The van der Waals surface area contributed by atoms with Gasteiger partial charge in [-0.1, -0.05) is 109 Å². The molecular weight excluding hydrogens is 439 g/mol. The predicted octanol–water partition coefficient (Wildman–Crippen LogP) is 7.36. The maximum Gasteiger partial charge on any atom is 0.171 e. The Morgan fingerprint density at radius 1 is 0.455 bits per heavy atom. The number of fused-ring (bicyclic) bond motifs is 3. The monoisotopic (exact) mass is 460 g/mol. The lowest BCUT2D eigenvalue weighted by Gasteiger charge is -2.20. The standard InChI is InChI=1S/C30H21OPS/c31-32(24-9-3-1-4-10-24,25-11-5-2-6-12-25)26-18-15-22(16-19-26)23-17-20-30-28(21-23)27-13-7-8-14-29(27)33-30/h1-21H. The summed E-state index contributed by atoms with van der Waals surface area (Å²) in [4.78, 5) is 0. The van der Waals surface area contributed by atoms with E-state index in [4.69, 9.17) is 0 Å². The molecule has 0 N–H and O–H groups in total. The molecule has 33 heavy (non-hydrogen) atoms. The van der Waals surface area contributed by atoms with E-state index in [1.807, 2.05) is 84.1 Å². The Balaban J connectivity index is 1.46. The molecule has 158 valence electrons. The van der Waals surface area contributed by atoms with Gasteiger partial charge >= 0.3 is 0 Å². The van der Waals surface area contributed by atoms with Gasteiger partial charge in [0.15, 0.2) is 7.14 Å². The van der Waals surface area contributed by atoms with Crippen LogP contribution in [0.25, 0.3) is 31.3 Å². The molecule has 0 spiro atoms. The Morgan fingerprint density at radius 2 is 0.970 bits per heavy atom. The third kappa shape index (κ3) is 3.43. The molecule has 5 aromatic carbocycles. The van der Waals surface area contributed by atoms with Gasteiger partial charge in [-0.2, -0.15) is 0 Å². The maximum absolute atomic E-state index is 14.6. The molecule has 0 amide bonds. The molecule has 1 heterocycles. The van der Waals surface area contributed by atoms with Crippen LogP contribution in [0.5, 0.6) is 0 Å². The molecule has 0 fully saturated rings. The van der Waals surface area contributed by atoms with Crippen molar-refractivity contribution in [2.24, 2.45) is 0 Å². The summed E-state index contributed by atoms with van der Waals surface area (Å²) in [6, 6.07) is 43.1. The number of benzene rings is 5.